The van der Waals surface area contributed by atoms with E-state index in [1.807, 2.05) is 0 Å². The number of rotatable bonds is 8. The van der Waals surface area contributed by atoms with Crippen LogP contribution in [0.2, 0.25) is 20.1 Å². The Morgan fingerprint density at radius 2 is 1.30 bits per heavy atom. The van der Waals surface area contributed by atoms with Gasteiger partial charge in [-0.05, 0) is 36.6 Å². The normalized spacial score (nSPS) is 13.5. The highest BCUT2D eigenvalue weighted by Gasteiger charge is 2.47. The number of fused-ring (bicyclic) bond motifs is 1. The molecule has 2 aromatic rings. The van der Waals surface area contributed by atoms with Gasteiger partial charge < -0.3 is 15.4 Å². The first-order chi connectivity index (χ1) is 17.3. The Hall–Kier alpha value is -2.85. The first-order valence-electron chi connectivity index (χ1n) is 10.9. The Kier molecular flexibility index (Phi) is 9.07. The van der Waals surface area contributed by atoms with Crippen LogP contribution in [-0.2, 0) is 19.1 Å². The van der Waals surface area contributed by atoms with Crippen molar-refractivity contribution < 1.29 is 28.7 Å². The van der Waals surface area contributed by atoms with Gasteiger partial charge >= 0.3 is 5.97 Å². The zero-order valence-electron chi connectivity index (χ0n) is 19.8. The summed E-state index contributed by atoms with van der Waals surface area (Å²) in [6.07, 6.45) is 0.0488. The monoisotopic (exact) mass is 587 g/mol. The molecule has 9 nitrogen and oxygen atoms in total. The van der Waals surface area contributed by atoms with Crippen molar-refractivity contribution in [1.29, 1.82) is 0 Å². The predicted molar refractivity (Wildman–Crippen MR) is 141 cm³/mol. The maximum absolute atomic E-state index is 13.2. The Labute approximate surface area is 232 Å². The summed E-state index contributed by atoms with van der Waals surface area (Å²) in [5, 5.41) is 4.24. The van der Waals surface area contributed by atoms with Crippen molar-refractivity contribution >= 4 is 87.4 Å². The van der Waals surface area contributed by atoms with Crippen LogP contribution in [0, 0.1) is 5.92 Å². The van der Waals surface area contributed by atoms with Crippen LogP contribution in [0.5, 0.6) is 0 Å². The van der Waals surface area contributed by atoms with Crippen molar-refractivity contribution in [1.82, 2.24) is 4.90 Å². The van der Waals surface area contributed by atoms with Crippen LogP contribution < -0.4 is 10.6 Å². The number of benzene rings is 2. The van der Waals surface area contributed by atoms with Crippen LogP contribution >= 0.6 is 46.4 Å². The second-order valence-electron chi connectivity index (χ2n) is 8.55. The molecule has 0 spiro atoms. The van der Waals surface area contributed by atoms with Crippen molar-refractivity contribution in [3.05, 3.63) is 55.5 Å². The highest BCUT2D eigenvalue weighted by molar-refractivity contribution is 6.55. The summed E-state index contributed by atoms with van der Waals surface area (Å²) in [6.45, 7) is 4.25. The smallest absolute Gasteiger partial charge is 0.329 e. The molecule has 1 heterocycles. The van der Waals surface area contributed by atoms with Crippen molar-refractivity contribution in [2.24, 2.45) is 5.92 Å². The van der Waals surface area contributed by atoms with Crippen LogP contribution in [-0.4, -0.2) is 47.1 Å². The second-order valence-corrected chi connectivity index (χ2v) is 10.1. The van der Waals surface area contributed by atoms with E-state index in [1.165, 1.54) is 6.92 Å². The molecule has 0 bridgehead atoms. The molecule has 196 valence electrons. The van der Waals surface area contributed by atoms with Crippen LogP contribution in [0.15, 0.2) is 24.3 Å². The molecular weight excluding hydrogens is 568 g/mol. The molecule has 2 aromatic carbocycles. The number of imide groups is 1. The maximum Gasteiger partial charge on any atom is 0.329 e. The zero-order valence-corrected chi connectivity index (χ0v) is 22.8. The first kappa shape index (κ1) is 28.7. The third-order valence-electron chi connectivity index (χ3n) is 5.25. The molecule has 1 aliphatic heterocycles. The number of anilines is 2. The Balaban J connectivity index is 1.75. The van der Waals surface area contributed by atoms with Crippen molar-refractivity contribution in [2.45, 2.75) is 33.2 Å². The number of halogens is 4. The number of hydrogen-bond donors (Lipinski definition) is 2. The molecule has 0 radical (unpaired) electrons. The van der Waals surface area contributed by atoms with Gasteiger partial charge in [0.25, 0.3) is 17.7 Å². The average Bonchev–Trinajstić information content (AvgIpc) is 3.09. The number of nitrogens with zero attached hydrogens (tertiary/aromatic N) is 1. The number of ether oxygens (including phenoxy) is 1. The molecule has 2 N–H and O–H groups in total. The third kappa shape index (κ3) is 6.18. The molecule has 4 amide bonds. The van der Waals surface area contributed by atoms with Crippen molar-refractivity contribution in [3.8, 4) is 0 Å². The fourth-order valence-electron chi connectivity index (χ4n) is 3.67. The number of nitrogens with one attached hydrogen (secondary N) is 2. The van der Waals surface area contributed by atoms with E-state index in [1.54, 1.807) is 38.1 Å². The summed E-state index contributed by atoms with van der Waals surface area (Å²) in [5.74, 6) is -3.77. The second kappa shape index (κ2) is 11.7. The van der Waals surface area contributed by atoms with Gasteiger partial charge in [0.05, 0.1) is 31.2 Å². The molecule has 0 saturated carbocycles. The standard InChI is InChI=1S/C24H21Cl4N3O6/c1-10(2)8-14(31-22(34)16-17(23(31)35)19(26)21(28)20(27)18(16)25)24(36)37-9-15(33)30-13-6-4-12(5-7-13)29-11(3)32/h4-7,10,14H,8-9H2,1-3H3,(H,29,32)(H,30,33)/t14-/m0/s1. The highest BCUT2D eigenvalue weighted by atomic mass is 35.5. The SMILES string of the molecule is CC(=O)Nc1ccc(NC(=O)COC(=O)[C@H](CC(C)C)N2C(=O)c3c(Cl)c(Cl)c(Cl)c(Cl)c3C2=O)cc1. The summed E-state index contributed by atoms with van der Waals surface area (Å²) in [6, 6.07) is 4.91. The molecule has 0 unspecified atom stereocenters. The van der Waals surface area contributed by atoms with Gasteiger partial charge in [-0.1, -0.05) is 60.3 Å². The van der Waals surface area contributed by atoms with Gasteiger partial charge in [-0.2, -0.15) is 0 Å². The molecule has 13 heteroatoms. The summed E-state index contributed by atoms with van der Waals surface area (Å²) in [5.41, 5.74) is 0.422. The molecule has 0 fully saturated rings. The van der Waals surface area contributed by atoms with Gasteiger partial charge in [-0.15, -0.1) is 0 Å². The lowest BCUT2D eigenvalue weighted by Crippen LogP contribution is -2.47. The van der Waals surface area contributed by atoms with Gasteiger partial charge in [0, 0.05) is 18.3 Å². The minimum Gasteiger partial charge on any atom is -0.454 e. The molecule has 0 saturated heterocycles. The van der Waals surface area contributed by atoms with Crippen LogP contribution in [0.4, 0.5) is 11.4 Å². The van der Waals surface area contributed by atoms with Crippen LogP contribution in [0.25, 0.3) is 0 Å². The van der Waals surface area contributed by atoms with E-state index in [-0.39, 0.29) is 49.5 Å². The molecule has 1 aliphatic rings. The van der Waals surface area contributed by atoms with E-state index in [4.69, 9.17) is 51.1 Å². The minimum absolute atomic E-state index is 0.0488. The Bertz CT molecular complexity index is 1250. The van der Waals surface area contributed by atoms with Crippen molar-refractivity contribution in [2.75, 3.05) is 17.2 Å². The fourth-order valence-corrected chi connectivity index (χ4v) is 4.69. The number of esters is 1. The van der Waals surface area contributed by atoms with E-state index in [9.17, 15) is 24.0 Å². The number of carbonyl (C=O) groups excluding carboxylic acids is 5. The largest absolute Gasteiger partial charge is 0.454 e. The van der Waals surface area contributed by atoms with E-state index in [0.717, 1.165) is 0 Å². The lowest BCUT2D eigenvalue weighted by molar-refractivity contribution is -0.151. The zero-order chi connectivity index (χ0) is 27.6. The number of amides is 4. The fraction of sp³-hybridized carbons (Fsp3) is 0.292. The highest BCUT2D eigenvalue weighted by Crippen LogP contribution is 2.45. The summed E-state index contributed by atoms with van der Waals surface area (Å²) < 4.78 is 5.16. The van der Waals surface area contributed by atoms with Gasteiger partial charge in [0.1, 0.15) is 6.04 Å². The maximum atomic E-state index is 13.2. The Morgan fingerprint density at radius 3 is 1.73 bits per heavy atom. The van der Waals surface area contributed by atoms with Crippen LogP contribution in [0.3, 0.4) is 0 Å². The van der Waals surface area contributed by atoms with E-state index in [2.05, 4.69) is 10.6 Å². The Morgan fingerprint density at radius 1 is 0.838 bits per heavy atom. The van der Waals surface area contributed by atoms with E-state index < -0.39 is 36.3 Å². The van der Waals surface area contributed by atoms with Gasteiger partial charge in [0.15, 0.2) is 6.61 Å². The number of hydrogen-bond acceptors (Lipinski definition) is 6. The number of carbonyl (C=O) groups is 5. The quantitative estimate of drug-likeness (QED) is 0.183. The van der Waals surface area contributed by atoms with Crippen LogP contribution in [0.1, 0.15) is 47.9 Å². The topological polar surface area (TPSA) is 122 Å². The molecule has 3 rings (SSSR count). The lowest BCUT2D eigenvalue weighted by atomic mass is 10.0. The summed E-state index contributed by atoms with van der Waals surface area (Å²) >= 11 is 24.5. The van der Waals surface area contributed by atoms with Gasteiger partial charge in [-0.3, -0.25) is 24.1 Å². The minimum atomic E-state index is -1.36. The summed E-state index contributed by atoms with van der Waals surface area (Å²) in [4.78, 5) is 63.6. The van der Waals surface area contributed by atoms with E-state index >= 15 is 0 Å². The van der Waals surface area contributed by atoms with Crippen molar-refractivity contribution in [3.63, 3.8) is 0 Å². The van der Waals surface area contributed by atoms with E-state index in [0.29, 0.717) is 16.3 Å². The molecule has 0 aromatic heterocycles. The molecular formula is C24H21Cl4N3O6. The molecule has 0 aliphatic carbocycles. The molecule has 1 atom stereocenters. The van der Waals surface area contributed by atoms with Gasteiger partial charge in [0.2, 0.25) is 5.91 Å². The predicted octanol–water partition coefficient (Wildman–Crippen LogP) is 5.45. The lowest BCUT2D eigenvalue weighted by Gasteiger charge is -2.26. The third-order valence-corrected chi connectivity index (χ3v) is 7.05. The average molecular weight is 589 g/mol. The summed E-state index contributed by atoms with van der Waals surface area (Å²) in [7, 11) is 0. The van der Waals surface area contributed by atoms with Gasteiger partial charge in [-0.25, -0.2) is 4.79 Å². The molecule has 37 heavy (non-hydrogen) atoms. The first-order valence-corrected chi connectivity index (χ1v) is 12.4.